The van der Waals surface area contributed by atoms with Gasteiger partial charge in [-0.2, -0.15) is 5.10 Å². The first-order valence-corrected chi connectivity index (χ1v) is 6.00. The van der Waals surface area contributed by atoms with Crippen LogP contribution in [0.4, 0.5) is 0 Å². The summed E-state index contributed by atoms with van der Waals surface area (Å²) in [6.07, 6.45) is 9.16. The fraction of sp³-hybridized carbons (Fsp3) is 0. The Morgan fingerprint density at radius 2 is 1.58 bits per heavy atom. The standard InChI is InChI=1S/C8H7N.C4H5N.C3H4N2/c1-2-4-8-7(3-1)5-6-9-8;2*1-2-4-5-3-1/h1-6,9H;1-5H;1-3H,(H,4,5). The number of nitrogens with zero attached hydrogens (tertiary/aromatic N) is 1. The van der Waals surface area contributed by atoms with Crippen molar-refractivity contribution in [3.63, 3.8) is 0 Å². The van der Waals surface area contributed by atoms with Gasteiger partial charge in [-0.05, 0) is 35.7 Å². The molecule has 0 radical (unpaired) electrons. The summed E-state index contributed by atoms with van der Waals surface area (Å²) in [5.74, 6) is 0. The van der Waals surface area contributed by atoms with Gasteiger partial charge in [0.25, 0.3) is 0 Å². The number of hydrogen-bond donors (Lipinski definition) is 3. The van der Waals surface area contributed by atoms with Gasteiger partial charge >= 0.3 is 0 Å². The molecule has 19 heavy (non-hydrogen) atoms. The SMILES string of the molecule is c1cc[nH]c1.c1ccc2[nH]ccc2c1.c1cn[nH]c1. The lowest BCUT2D eigenvalue weighted by atomic mass is 10.3. The minimum Gasteiger partial charge on any atom is -0.368 e. The van der Waals surface area contributed by atoms with Crippen molar-refractivity contribution in [2.24, 2.45) is 0 Å². The molecule has 0 atom stereocenters. The van der Waals surface area contributed by atoms with Crippen LogP contribution in [-0.2, 0) is 0 Å². The van der Waals surface area contributed by atoms with Crippen LogP contribution in [0.1, 0.15) is 0 Å². The molecule has 3 heterocycles. The predicted octanol–water partition coefficient (Wildman–Crippen LogP) is 3.59. The topological polar surface area (TPSA) is 60.3 Å². The Labute approximate surface area is 111 Å². The fourth-order valence-electron chi connectivity index (χ4n) is 1.49. The molecule has 0 aliphatic heterocycles. The van der Waals surface area contributed by atoms with Crippen molar-refractivity contribution < 1.29 is 0 Å². The first-order chi connectivity index (χ1) is 9.47. The molecule has 3 aromatic heterocycles. The molecule has 4 aromatic rings. The highest BCUT2D eigenvalue weighted by atomic mass is 15.1. The summed E-state index contributed by atoms with van der Waals surface area (Å²) in [5.41, 5.74) is 1.21. The van der Waals surface area contributed by atoms with Crippen LogP contribution in [0.5, 0.6) is 0 Å². The molecule has 3 N–H and O–H groups in total. The zero-order chi connectivity index (χ0) is 13.2. The lowest BCUT2D eigenvalue weighted by Crippen LogP contribution is -1.61. The first-order valence-electron chi connectivity index (χ1n) is 6.00. The van der Waals surface area contributed by atoms with E-state index in [0.717, 1.165) is 0 Å². The van der Waals surface area contributed by atoms with Gasteiger partial charge in [0.1, 0.15) is 0 Å². The highest BCUT2D eigenvalue weighted by molar-refractivity contribution is 5.78. The Balaban J connectivity index is 0.000000114. The van der Waals surface area contributed by atoms with E-state index in [2.05, 4.69) is 38.4 Å². The van der Waals surface area contributed by atoms with Crippen LogP contribution >= 0.6 is 0 Å². The van der Waals surface area contributed by atoms with Crippen LogP contribution in [0.2, 0.25) is 0 Å². The summed E-state index contributed by atoms with van der Waals surface area (Å²) >= 11 is 0. The third-order valence-corrected chi connectivity index (χ3v) is 2.36. The Hall–Kier alpha value is -2.75. The van der Waals surface area contributed by atoms with E-state index in [1.807, 2.05) is 48.9 Å². The second-order valence-corrected chi connectivity index (χ2v) is 3.72. The molecule has 0 saturated carbocycles. The van der Waals surface area contributed by atoms with Gasteiger partial charge in [-0.1, -0.05) is 18.2 Å². The molecule has 0 saturated heterocycles. The van der Waals surface area contributed by atoms with E-state index in [4.69, 9.17) is 0 Å². The maximum atomic E-state index is 3.60. The van der Waals surface area contributed by atoms with Crippen LogP contribution in [0.15, 0.2) is 79.5 Å². The Morgan fingerprint density at radius 3 is 2.11 bits per heavy atom. The summed E-state index contributed by atoms with van der Waals surface area (Å²) in [6.45, 7) is 0. The summed E-state index contributed by atoms with van der Waals surface area (Å²) in [5, 5.41) is 7.48. The Morgan fingerprint density at radius 1 is 0.737 bits per heavy atom. The van der Waals surface area contributed by atoms with Crippen LogP contribution < -0.4 is 0 Å². The molecule has 0 bridgehead atoms. The van der Waals surface area contributed by atoms with Crippen molar-refractivity contribution in [1.29, 1.82) is 0 Å². The largest absolute Gasteiger partial charge is 0.368 e. The predicted molar refractivity (Wildman–Crippen MR) is 77.7 cm³/mol. The summed E-state index contributed by atoms with van der Waals surface area (Å²) in [4.78, 5) is 5.98. The van der Waals surface area contributed by atoms with Gasteiger partial charge in [0.05, 0.1) is 0 Å². The number of aromatic nitrogens is 4. The third kappa shape index (κ3) is 4.55. The number of benzene rings is 1. The quantitative estimate of drug-likeness (QED) is 0.440. The van der Waals surface area contributed by atoms with E-state index in [1.165, 1.54) is 10.9 Å². The maximum absolute atomic E-state index is 3.60. The monoisotopic (exact) mass is 252 g/mol. The minimum absolute atomic E-state index is 1.21. The summed E-state index contributed by atoms with van der Waals surface area (Å²) in [6, 6.07) is 16.0. The van der Waals surface area contributed by atoms with Crippen LogP contribution in [0.3, 0.4) is 0 Å². The van der Waals surface area contributed by atoms with Gasteiger partial charge in [-0.15, -0.1) is 0 Å². The van der Waals surface area contributed by atoms with Gasteiger partial charge < -0.3 is 9.97 Å². The van der Waals surface area contributed by atoms with Crippen molar-refractivity contribution in [2.75, 3.05) is 0 Å². The summed E-state index contributed by atoms with van der Waals surface area (Å²) in [7, 11) is 0. The van der Waals surface area contributed by atoms with Crippen molar-refractivity contribution in [1.82, 2.24) is 20.2 Å². The molecule has 0 unspecified atom stereocenters. The first kappa shape index (κ1) is 12.7. The highest BCUT2D eigenvalue weighted by Crippen LogP contribution is 2.09. The molecule has 4 heteroatoms. The molecule has 0 fully saturated rings. The van der Waals surface area contributed by atoms with Gasteiger partial charge in [0.2, 0.25) is 0 Å². The molecule has 4 nitrogen and oxygen atoms in total. The molecule has 0 aliphatic rings. The Kier molecular flexibility index (Phi) is 5.05. The summed E-state index contributed by atoms with van der Waals surface area (Å²) < 4.78 is 0. The molecule has 4 rings (SSSR count). The van der Waals surface area contributed by atoms with Gasteiger partial charge in [0.15, 0.2) is 0 Å². The molecule has 96 valence electrons. The number of H-pyrrole nitrogens is 3. The number of nitrogens with one attached hydrogen (secondary N) is 3. The average Bonchev–Trinajstić information content (AvgIpc) is 3.22. The molecule has 1 aromatic carbocycles. The van der Waals surface area contributed by atoms with E-state index < -0.39 is 0 Å². The van der Waals surface area contributed by atoms with Gasteiger partial charge in [-0.3, -0.25) is 5.10 Å². The molecular weight excluding hydrogens is 236 g/mol. The van der Waals surface area contributed by atoms with Crippen molar-refractivity contribution in [2.45, 2.75) is 0 Å². The minimum atomic E-state index is 1.21. The lowest BCUT2D eigenvalue weighted by Gasteiger charge is -1.83. The second-order valence-electron chi connectivity index (χ2n) is 3.72. The smallest absolute Gasteiger partial charge is 0.0487 e. The normalized spacial score (nSPS) is 9.05. The number of hydrogen-bond acceptors (Lipinski definition) is 1. The van der Waals surface area contributed by atoms with Crippen molar-refractivity contribution in [3.05, 3.63) is 79.5 Å². The lowest BCUT2D eigenvalue weighted by molar-refractivity contribution is 1.09. The van der Waals surface area contributed by atoms with E-state index >= 15 is 0 Å². The van der Waals surface area contributed by atoms with E-state index in [-0.39, 0.29) is 0 Å². The van der Waals surface area contributed by atoms with Gasteiger partial charge in [-0.25, -0.2) is 0 Å². The Bertz CT molecular complexity index is 545. The van der Waals surface area contributed by atoms with Crippen LogP contribution in [0, 0.1) is 0 Å². The zero-order valence-corrected chi connectivity index (χ0v) is 10.5. The number of rotatable bonds is 0. The number of fused-ring (bicyclic) bond motifs is 1. The third-order valence-electron chi connectivity index (χ3n) is 2.36. The second kappa shape index (κ2) is 7.55. The zero-order valence-electron chi connectivity index (χ0n) is 10.5. The van der Waals surface area contributed by atoms with Gasteiger partial charge in [0, 0.05) is 36.5 Å². The van der Waals surface area contributed by atoms with Crippen molar-refractivity contribution >= 4 is 10.9 Å². The van der Waals surface area contributed by atoms with Crippen molar-refractivity contribution in [3.8, 4) is 0 Å². The van der Waals surface area contributed by atoms with Crippen LogP contribution in [-0.4, -0.2) is 20.2 Å². The maximum Gasteiger partial charge on any atom is 0.0487 e. The number of para-hydroxylation sites is 1. The molecule has 0 amide bonds. The van der Waals surface area contributed by atoms with E-state index in [0.29, 0.717) is 0 Å². The molecule has 0 spiro atoms. The fourth-order valence-corrected chi connectivity index (χ4v) is 1.49. The van der Waals surface area contributed by atoms with E-state index in [9.17, 15) is 0 Å². The highest BCUT2D eigenvalue weighted by Gasteiger charge is 1.86. The van der Waals surface area contributed by atoms with E-state index in [1.54, 1.807) is 12.4 Å². The number of aromatic amines is 3. The van der Waals surface area contributed by atoms with Crippen LogP contribution in [0.25, 0.3) is 10.9 Å². The average molecular weight is 252 g/mol. The molecule has 0 aliphatic carbocycles. The molecular formula is C15H16N4.